The van der Waals surface area contributed by atoms with Crippen LogP contribution < -0.4 is 10.7 Å². The Labute approximate surface area is 184 Å². The molecule has 0 radical (unpaired) electrons. The smallest absolute Gasteiger partial charge is 0.311 e. The Morgan fingerprint density at radius 2 is 1.81 bits per heavy atom. The van der Waals surface area contributed by atoms with E-state index in [1.165, 1.54) is 12.1 Å². The van der Waals surface area contributed by atoms with Crippen LogP contribution in [-0.2, 0) is 19.1 Å². The number of halogens is 1. The van der Waals surface area contributed by atoms with Gasteiger partial charge in [-0.15, -0.1) is 0 Å². The van der Waals surface area contributed by atoms with Gasteiger partial charge in [0.2, 0.25) is 5.91 Å². The molecule has 8 nitrogen and oxygen atoms in total. The summed E-state index contributed by atoms with van der Waals surface area (Å²) in [5.74, 6) is -2.78. The predicted octanol–water partition coefficient (Wildman–Crippen LogP) is 2.25. The maximum Gasteiger partial charge on any atom is 0.311 e. The van der Waals surface area contributed by atoms with Crippen LogP contribution in [-0.4, -0.2) is 41.9 Å². The molecule has 0 saturated carbocycles. The highest BCUT2D eigenvalue weighted by atomic mass is 35.5. The first kappa shape index (κ1) is 22.3. The van der Waals surface area contributed by atoms with Gasteiger partial charge < -0.3 is 10.1 Å². The lowest BCUT2D eigenvalue weighted by Crippen LogP contribution is -2.43. The van der Waals surface area contributed by atoms with Gasteiger partial charge in [-0.1, -0.05) is 41.9 Å². The van der Waals surface area contributed by atoms with Crippen LogP contribution in [0.2, 0.25) is 5.02 Å². The summed E-state index contributed by atoms with van der Waals surface area (Å²) >= 11 is 5.80. The number of carbonyl (C=O) groups is 4. The summed E-state index contributed by atoms with van der Waals surface area (Å²) in [5, 5.41) is 4.32. The average Bonchev–Trinajstić information content (AvgIpc) is 3.13. The van der Waals surface area contributed by atoms with Gasteiger partial charge in [-0.3, -0.25) is 29.6 Å². The van der Waals surface area contributed by atoms with E-state index in [-0.39, 0.29) is 19.0 Å². The van der Waals surface area contributed by atoms with E-state index in [1.807, 2.05) is 37.3 Å². The number of esters is 1. The number of nitrogens with zero attached hydrogens (tertiary/aromatic N) is 1. The normalized spacial score (nSPS) is 16.5. The number of ether oxygens (including phenoxy) is 1. The molecule has 2 atom stereocenters. The first-order valence-electron chi connectivity index (χ1n) is 9.71. The quantitative estimate of drug-likeness (QED) is 0.638. The van der Waals surface area contributed by atoms with Gasteiger partial charge in [0.25, 0.3) is 11.8 Å². The Bertz CT molecular complexity index is 965. The third-order valence-corrected chi connectivity index (χ3v) is 5.08. The molecule has 3 amide bonds. The second-order valence-electron chi connectivity index (χ2n) is 7.16. The molecule has 1 aliphatic rings. The van der Waals surface area contributed by atoms with Gasteiger partial charge >= 0.3 is 5.97 Å². The fraction of sp³-hybridized carbons (Fsp3) is 0.273. The number of carbonyl (C=O) groups excluding carboxylic acids is 4. The van der Waals surface area contributed by atoms with Crippen molar-refractivity contribution in [2.75, 3.05) is 13.2 Å². The molecule has 9 heteroatoms. The fourth-order valence-electron chi connectivity index (χ4n) is 3.12. The van der Waals surface area contributed by atoms with Gasteiger partial charge in [0.1, 0.15) is 0 Å². The first-order valence-corrected chi connectivity index (χ1v) is 10.1. The summed E-state index contributed by atoms with van der Waals surface area (Å²) in [4.78, 5) is 48.8. The summed E-state index contributed by atoms with van der Waals surface area (Å²) in [6.07, 6.45) is -0.109. The van der Waals surface area contributed by atoms with Crippen LogP contribution in [0.25, 0.3) is 0 Å². The SMILES string of the molecule is C[C@@H](NC(=O)COC(=O)[C@@H]1CC(=O)N(NC(=O)c2ccc(Cl)cc2)C1)c1ccccc1. The largest absolute Gasteiger partial charge is 0.455 e. The summed E-state index contributed by atoms with van der Waals surface area (Å²) in [6, 6.07) is 15.3. The lowest BCUT2D eigenvalue weighted by molar-refractivity contribution is -0.152. The maximum absolute atomic E-state index is 12.3. The number of nitrogens with one attached hydrogen (secondary N) is 2. The van der Waals surface area contributed by atoms with E-state index in [4.69, 9.17) is 16.3 Å². The van der Waals surface area contributed by atoms with E-state index in [0.717, 1.165) is 10.6 Å². The van der Waals surface area contributed by atoms with Crippen LogP contribution in [0.15, 0.2) is 54.6 Å². The zero-order valence-electron chi connectivity index (χ0n) is 16.8. The van der Waals surface area contributed by atoms with Gasteiger partial charge in [0.15, 0.2) is 6.61 Å². The van der Waals surface area contributed by atoms with Crippen molar-refractivity contribution in [1.82, 2.24) is 15.8 Å². The van der Waals surface area contributed by atoms with Crippen LogP contribution >= 0.6 is 11.6 Å². The number of rotatable bonds is 7. The Morgan fingerprint density at radius 1 is 1.13 bits per heavy atom. The van der Waals surface area contributed by atoms with Crippen molar-refractivity contribution in [2.24, 2.45) is 5.92 Å². The average molecular weight is 444 g/mol. The summed E-state index contributed by atoms with van der Waals surface area (Å²) in [6.45, 7) is 1.35. The molecule has 1 saturated heterocycles. The summed E-state index contributed by atoms with van der Waals surface area (Å²) in [7, 11) is 0. The number of hydrazine groups is 1. The highest BCUT2D eigenvalue weighted by Crippen LogP contribution is 2.18. The Hall–Kier alpha value is -3.39. The molecule has 2 N–H and O–H groups in total. The second kappa shape index (κ2) is 10.1. The van der Waals surface area contributed by atoms with E-state index in [0.29, 0.717) is 10.6 Å². The minimum Gasteiger partial charge on any atom is -0.455 e. The van der Waals surface area contributed by atoms with Crippen LogP contribution in [0.4, 0.5) is 0 Å². The maximum atomic E-state index is 12.3. The van der Waals surface area contributed by atoms with Crippen LogP contribution in [0, 0.1) is 5.92 Å². The van der Waals surface area contributed by atoms with Gasteiger partial charge in [-0.2, -0.15) is 0 Å². The van der Waals surface area contributed by atoms with E-state index in [1.54, 1.807) is 12.1 Å². The lowest BCUT2D eigenvalue weighted by Gasteiger charge is -2.18. The number of hydrogen-bond donors (Lipinski definition) is 2. The monoisotopic (exact) mass is 443 g/mol. The van der Waals surface area contributed by atoms with Crippen molar-refractivity contribution >= 4 is 35.3 Å². The van der Waals surface area contributed by atoms with E-state index >= 15 is 0 Å². The molecule has 31 heavy (non-hydrogen) atoms. The molecule has 1 fully saturated rings. The minimum absolute atomic E-state index is 0.0287. The lowest BCUT2D eigenvalue weighted by atomic mass is 10.1. The number of amides is 3. The van der Waals surface area contributed by atoms with Crippen LogP contribution in [0.5, 0.6) is 0 Å². The van der Waals surface area contributed by atoms with Crippen molar-refractivity contribution in [2.45, 2.75) is 19.4 Å². The molecule has 0 unspecified atom stereocenters. The fourth-order valence-corrected chi connectivity index (χ4v) is 3.25. The molecule has 3 rings (SSSR count). The highest BCUT2D eigenvalue weighted by Gasteiger charge is 2.36. The molecule has 1 heterocycles. The van der Waals surface area contributed by atoms with Crippen LogP contribution in [0.1, 0.15) is 35.3 Å². The predicted molar refractivity (Wildman–Crippen MR) is 113 cm³/mol. The van der Waals surface area contributed by atoms with E-state index in [2.05, 4.69) is 10.7 Å². The number of benzene rings is 2. The van der Waals surface area contributed by atoms with Gasteiger partial charge in [-0.05, 0) is 36.8 Å². The van der Waals surface area contributed by atoms with Crippen molar-refractivity contribution in [1.29, 1.82) is 0 Å². The molecule has 162 valence electrons. The molecule has 1 aliphatic heterocycles. The molecule has 0 bridgehead atoms. The molecule has 2 aromatic carbocycles. The molecule has 0 aromatic heterocycles. The minimum atomic E-state index is -0.766. The number of hydrogen-bond acceptors (Lipinski definition) is 5. The zero-order chi connectivity index (χ0) is 22.4. The Kier molecular flexibility index (Phi) is 7.25. The van der Waals surface area contributed by atoms with Crippen molar-refractivity contribution in [3.63, 3.8) is 0 Å². The van der Waals surface area contributed by atoms with Crippen LogP contribution in [0.3, 0.4) is 0 Å². The first-order chi connectivity index (χ1) is 14.8. The molecule has 0 aliphatic carbocycles. The molecule has 2 aromatic rings. The van der Waals surface area contributed by atoms with Gasteiger partial charge in [0.05, 0.1) is 18.5 Å². The Morgan fingerprint density at radius 3 is 2.48 bits per heavy atom. The van der Waals surface area contributed by atoms with Crippen molar-refractivity contribution in [3.8, 4) is 0 Å². The Balaban J connectivity index is 1.45. The third kappa shape index (κ3) is 6.05. The molecular weight excluding hydrogens is 422 g/mol. The van der Waals surface area contributed by atoms with Gasteiger partial charge in [0, 0.05) is 17.0 Å². The summed E-state index contributed by atoms with van der Waals surface area (Å²) in [5.41, 5.74) is 3.73. The van der Waals surface area contributed by atoms with Crippen molar-refractivity contribution in [3.05, 3.63) is 70.7 Å². The molecule has 0 spiro atoms. The zero-order valence-corrected chi connectivity index (χ0v) is 17.6. The van der Waals surface area contributed by atoms with Crippen molar-refractivity contribution < 1.29 is 23.9 Å². The highest BCUT2D eigenvalue weighted by molar-refractivity contribution is 6.30. The van der Waals surface area contributed by atoms with Gasteiger partial charge in [-0.25, -0.2) is 0 Å². The topological polar surface area (TPSA) is 105 Å². The summed E-state index contributed by atoms with van der Waals surface area (Å²) < 4.78 is 5.07. The standard InChI is InChI=1S/C22H22ClN3O5/c1-14(15-5-3-2-4-6-15)24-19(27)13-31-22(30)17-11-20(28)26(12-17)25-21(29)16-7-9-18(23)10-8-16/h2-10,14,17H,11-13H2,1H3,(H,24,27)(H,25,29)/t14-,17-/m1/s1. The van der Waals surface area contributed by atoms with E-state index < -0.39 is 36.2 Å². The second-order valence-corrected chi connectivity index (χ2v) is 7.60. The third-order valence-electron chi connectivity index (χ3n) is 4.82. The molecular formula is C22H22ClN3O5. The van der Waals surface area contributed by atoms with E-state index in [9.17, 15) is 19.2 Å².